The van der Waals surface area contributed by atoms with Gasteiger partial charge < -0.3 is 14.4 Å². The van der Waals surface area contributed by atoms with Gasteiger partial charge in [-0.15, -0.1) is 11.3 Å². The number of aromatic nitrogens is 1. The Bertz CT molecular complexity index is 1090. The molecule has 0 radical (unpaired) electrons. The second kappa shape index (κ2) is 10.4. The fraction of sp³-hybridized carbons (Fsp3) is 0.348. The fourth-order valence-electron chi connectivity index (χ4n) is 3.43. The zero-order valence-corrected chi connectivity index (χ0v) is 19.2. The van der Waals surface area contributed by atoms with E-state index in [4.69, 9.17) is 9.47 Å². The van der Waals surface area contributed by atoms with Crippen LogP contribution in [0.5, 0.6) is 5.75 Å². The Morgan fingerprint density at radius 2 is 2.16 bits per heavy atom. The van der Waals surface area contributed by atoms with Crippen molar-refractivity contribution in [2.24, 2.45) is 0 Å². The van der Waals surface area contributed by atoms with E-state index in [9.17, 15) is 14.0 Å². The molecular formula is C23H23FN2O4S2. The third-order valence-corrected chi connectivity index (χ3v) is 7.23. The van der Waals surface area contributed by atoms with E-state index in [0.717, 1.165) is 14.6 Å². The van der Waals surface area contributed by atoms with Crippen LogP contribution >= 0.6 is 23.1 Å². The Labute approximate surface area is 193 Å². The molecule has 1 aliphatic heterocycles. The van der Waals surface area contributed by atoms with Crippen molar-refractivity contribution in [1.29, 1.82) is 0 Å². The molecule has 0 saturated carbocycles. The summed E-state index contributed by atoms with van der Waals surface area (Å²) in [7, 11) is 0. The normalized spacial score (nSPS) is 16.3. The summed E-state index contributed by atoms with van der Waals surface area (Å²) in [5.41, 5.74) is 1.18. The molecule has 32 heavy (non-hydrogen) atoms. The summed E-state index contributed by atoms with van der Waals surface area (Å²) >= 11 is 3.23. The molecule has 1 aromatic heterocycles. The molecule has 0 bridgehead atoms. The van der Waals surface area contributed by atoms with Gasteiger partial charge in [-0.05, 0) is 37.3 Å². The predicted molar refractivity (Wildman–Crippen MR) is 123 cm³/mol. The zero-order chi connectivity index (χ0) is 22.5. The first-order valence-electron chi connectivity index (χ1n) is 10.3. The summed E-state index contributed by atoms with van der Waals surface area (Å²) in [4.78, 5) is 30.8. The van der Waals surface area contributed by atoms with Crippen molar-refractivity contribution >= 4 is 45.0 Å². The predicted octanol–water partition coefficient (Wildman–Crippen LogP) is 4.43. The van der Waals surface area contributed by atoms with Gasteiger partial charge in [-0.25, -0.2) is 9.37 Å². The second-order valence-corrected chi connectivity index (χ2v) is 9.76. The molecule has 1 aliphatic rings. The van der Waals surface area contributed by atoms with Crippen molar-refractivity contribution in [3.05, 3.63) is 53.8 Å². The Kier molecular flexibility index (Phi) is 7.39. The highest BCUT2D eigenvalue weighted by molar-refractivity contribution is 8.01. The first-order chi connectivity index (χ1) is 15.5. The van der Waals surface area contributed by atoms with Crippen molar-refractivity contribution in [3.8, 4) is 5.75 Å². The molecule has 2 aromatic carbocycles. The number of Topliss-reactive ketones (excluding diaryl/α,β-unsaturated/α-hetero) is 1. The van der Waals surface area contributed by atoms with E-state index in [1.165, 1.54) is 25.1 Å². The molecule has 1 amide bonds. The second-order valence-electron chi connectivity index (χ2n) is 7.39. The first-order valence-corrected chi connectivity index (χ1v) is 12.1. The number of para-hydroxylation sites is 1. The monoisotopic (exact) mass is 474 g/mol. The quantitative estimate of drug-likeness (QED) is 0.356. The van der Waals surface area contributed by atoms with E-state index in [1.54, 1.807) is 28.0 Å². The van der Waals surface area contributed by atoms with Crippen molar-refractivity contribution < 1.29 is 23.5 Å². The van der Waals surface area contributed by atoms with E-state index in [1.807, 2.05) is 24.3 Å². The highest BCUT2D eigenvalue weighted by atomic mass is 32.2. The van der Waals surface area contributed by atoms with E-state index in [0.29, 0.717) is 37.6 Å². The molecule has 1 saturated heterocycles. The maximum absolute atomic E-state index is 13.4. The fourth-order valence-corrected chi connectivity index (χ4v) is 5.50. The van der Waals surface area contributed by atoms with E-state index < -0.39 is 5.82 Å². The third kappa shape index (κ3) is 5.65. The molecule has 4 rings (SSSR count). The SMILES string of the molecule is CC(=O)c1cc(F)ccc1OCC1CN(C(=O)CCSc2nc3ccccc3s2)CCO1. The third-order valence-electron chi connectivity index (χ3n) is 5.05. The summed E-state index contributed by atoms with van der Waals surface area (Å²) in [6.07, 6.45) is 0.107. The minimum Gasteiger partial charge on any atom is -0.490 e. The average Bonchev–Trinajstić information content (AvgIpc) is 3.21. The van der Waals surface area contributed by atoms with Gasteiger partial charge in [0.25, 0.3) is 0 Å². The van der Waals surface area contributed by atoms with Crippen molar-refractivity contribution in [2.45, 2.75) is 23.8 Å². The Morgan fingerprint density at radius 1 is 1.31 bits per heavy atom. The van der Waals surface area contributed by atoms with Gasteiger partial charge >= 0.3 is 0 Å². The summed E-state index contributed by atoms with van der Waals surface area (Å²) in [6, 6.07) is 11.9. The van der Waals surface area contributed by atoms with Gasteiger partial charge in [-0.1, -0.05) is 23.9 Å². The Hall–Kier alpha value is -2.49. The number of nitrogens with zero attached hydrogens (tertiary/aromatic N) is 2. The number of amides is 1. The summed E-state index contributed by atoms with van der Waals surface area (Å²) in [5.74, 6) is 0.286. The lowest BCUT2D eigenvalue weighted by Gasteiger charge is -2.33. The molecule has 0 N–H and O–H groups in total. The number of ether oxygens (including phenoxy) is 2. The Morgan fingerprint density at radius 3 is 2.97 bits per heavy atom. The number of hydrogen-bond acceptors (Lipinski definition) is 7. The number of carbonyl (C=O) groups excluding carboxylic acids is 2. The standard InChI is InChI=1S/C23H23FN2O4S2/c1-15(27)18-12-16(24)6-7-20(18)30-14-17-13-26(9-10-29-17)22(28)8-11-31-23-25-19-4-2-3-5-21(19)32-23/h2-7,12,17H,8-11,13-14H2,1H3. The van der Waals surface area contributed by atoms with Gasteiger partial charge in [-0.2, -0.15) is 0 Å². The van der Waals surface area contributed by atoms with Crippen LogP contribution < -0.4 is 4.74 Å². The summed E-state index contributed by atoms with van der Waals surface area (Å²) in [5, 5.41) is 0. The highest BCUT2D eigenvalue weighted by Crippen LogP contribution is 2.29. The van der Waals surface area contributed by atoms with Gasteiger partial charge in [0, 0.05) is 18.7 Å². The van der Waals surface area contributed by atoms with Crippen LogP contribution in [0.4, 0.5) is 4.39 Å². The van der Waals surface area contributed by atoms with E-state index >= 15 is 0 Å². The minimum absolute atomic E-state index is 0.0677. The number of thiazole rings is 1. The van der Waals surface area contributed by atoms with E-state index in [2.05, 4.69) is 4.98 Å². The van der Waals surface area contributed by atoms with Crippen LogP contribution in [0.25, 0.3) is 10.2 Å². The number of thioether (sulfide) groups is 1. The molecule has 1 unspecified atom stereocenters. The topological polar surface area (TPSA) is 68.7 Å². The maximum Gasteiger partial charge on any atom is 0.223 e. The summed E-state index contributed by atoms with van der Waals surface area (Å²) in [6.45, 7) is 2.92. The number of carbonyl (C=O) groups is 2. The molecule has 0 spiro atoms. The molecule has 0 aliphatic carbocycles. The average molecular weight is 475 g/mol. The number of rotatable bonds is 8. The van der Waals surface area contributed by atoms with Gasteiger partial charge in [0.05, 0.1) is 28.9 Å². The maximum atomic E-state index is 13.4. The molecule has 1 atom stereocenters. The largest absolute Gasteiger partial charge is 0.490 e. The highest BCUT2D eigenvalue weighted by Gasteiger charge is 2.25. The van der Waals surface area contributed by atoms with Crippen LogP contribution in [0.1, 0.15) is 23.7 Å². The minimum atomic E-state index is -0.489. The van der Waals surface area contributed by atoms with Gasteiger partial charge in [-0.3, -0.25) is 9.59 Å². The van der Waals surface area contributed by atoms with Gasteiger partial charge in [0.1, 0.15) is 24.3 Å². The van der Waals surface area contributed by atoms with Crippen LogP contribution in [0.3, 0.4) is 0 Å². The van der Waals surface area contributed by atoms with Crippen LogP contribution in [0.15, 0.2) is 46.8 Å². The van der Waals surface area contributed by atoms with Crippen LogP contribution in [-0.2, 0) is 9.53 Å². The van der Waals surface area contributed by atoms with Crippen LogP contribution in [-0.4, -0.2) is 59.7 Å². The van der Waals surface area contributed by atoms with Crippen molar-refractivity contribution in [2.75, 3.05) is 32.1 Å². The van der Waals surface area contributed by atoms with Gasteiger partial charge in [0.2, 0.25) is 5.91 Å². The first kappa shape index (κ1) is 22.7. The molecule has 168 valence electrons. The van der Waals surface area contributed by atoms with Gasteiger partial charge in [0.15, 0.2) is 10.1 Å². The molecule has 2 heterocycles. The molecule has 9 heteroatoms. The number of halogens is 1. The van der Waals surface area contributed by atoms with Crippen molar-refractivity contribution in [1.82, 2.24) is 9.88 Å². The molecule has 6 nitrogen and oxygen atoms in total. The van der Waals surface area contributed by atoms with Crippen LogP contribution in [0.2, 0.25) is 0 Å². The number of hydrogen-bond donors (Lipinski definition) is 0. The molecule has 3 aromatic rings. The molecular weight excluding hydrogens is 451 g/mol. The number of fused-ring (bicyclic) bond motifs is 1. The lowest BCUT2D eigenvalue weighted by atomic mass is 10.1. The number of benzene rings is 2. The van der Waals surface area contributed by atoms with E-state index in [-0.39, 0.29) is 30.0 Å². The summed E-state index contributed by atoms with van der Waals surface area (Å²) < 4.78 is 27.0. The molecule has 1 fully saturated rings. The van der Waals surface area contributed by atoms with Crippen molar-refractivity contribution in [3.63, 3.8) is 0 Å². The Balaban J connectivity index is 1.26. The van der Waals surface area contributed by atoms with Crippen LogP contribution in [0, 0.1) is 5.82 Å². The number of ketones is 1. The smallest absolute Gasteiger partial charge is 0.223 e. The zero-order valence-electron chi connectivity index (χ0n) is 17.6. The lowest BCUT2D eigenvalue weighted by Crippen LogP contribution is -2.47. The number of morpholine rings is 1. The lowest BCUT2D eigenvalue weighted by molar-refractivity contribution is -0.139.